The number of aliphatic hydroxyl groups is 2. The zero-order chi connectivity index (χ0) is 24.9. The van der Waals surface area contributed by atoms with Crippen molar-refractivity contribution in [2.45, 2.75) is 30.4 Å². The number of H-pyrrole nitrogens is 1. The molecule has 0 aromatic carbocycles. The first-order valence-electron chi connectivity index (χ1n) is 7.45. The van der Waals surface area contributed by atoms with E-state index in [2.05, 4.69) is 30.1 Å². The minimum absolute atomic E-state index is 0.0624. The molecular weight excluding hydrogens is 542 g/mol. The molecule has 32 heavy (non-hydrogen) atoms. The smallest absolute Gasteiger partial charge is 0.384 e. The van der Waals surface area contributed by atoms with E-state index in [1.54, 1.807) is 0 Å². The lowest BCUT2D eigenvalue weighted by atomic mass is 9.96. The minimum Gasteiger partial charge on any atom is -0.384 e. The van der Waals surface area contributed by atoms with Gasteiger partial charge < -0.3 is 34.5 Å². The van der Waals surface area contributed by atoms with Gasteiger partial charge in [-0.25, -0.2) is 18.5 Å². The van der Waals surface area contributed by atoms with Gasteiger partial charge in [0.05, 0.1) is 0 Å². The lowest BCUT2D eigenvalue weighted by Gasteiger charge is -2.33. The van der Waals surface area contributed by atoms with Gasteiger partial charge in [0.15, 0.2) is 6.23 Å². The van der Waals surface area contributed by atoms with Crippen LogP contribution in [0.4, 0.5) is 13.2 Å². The summed E-state index contributed by atoms with van der Waals surface area (Å²) in [5.74, 6) is 0. The molecule has 16 nitrogen and oxygen atoms in total. The van der Waals surface area contributed by atoms with Crippen LogP contribution in [-0.4, -0.2) is 63.5 Å². The average molecular weight is 554 g/mol. The highest BCUT2D eigenvalue weighted by Crippen LogP contribution is 2.67. The van der Waals surface area contributed by atoms with Crippen molar-refractivity contribution in [2.24, 2.45) is 0 Å². The molecule has 0 radical (unpaired) electrons. The third kappa shape index (κ3) is 5.99. The molecule has 0 amide bonds. The van der Waals surface area contributed by atoms with Gasteiger partial charge in [0, 0.05) is 6.20 Å². The number of aliphatic hydroxyl groups excluding tert-OH is 1. The number of rotatable bonds is 7. The maximum absolute atomic E-state index is 13.6. The average Bonchev–Trinajstić information content (AvgIpc) is 2.76. The van der Waals surface area contributed by atoms with Crippen LogP contribution in [0.25, 0.3) is 0 Å². The molecule has 2 rings (SSSR count). The second-order valence-corrected chi connectivity index (χ2v) is 10.7. The van der Waals surface area contributed by atoms with Gasteiger partial charge >= 0.3 is 35.3 Å². The lowest BCUT2D eigenvalue weighted by Crippen LogP contribution is -2.58. The predicted octanol–water partition coefficient (Wildman–Crippen LogP) is -0.242. The van der Waals surface area contributed by atoms with Gasteiger partial charge in [0.1, 0.15) is 10.7 Å². The molecule has 0 spiro atoms. The Balaban J connectivity index is 2.41. The van der Waals surface area contributed by atoms with Crippen LogP contribution in [0.1, 0.15) is 6.23 Å². The highest BCUT2D eigenvalue weighted by Gasteiger charge is 2.72. The van der Waals surface area contributed by atoms with Crippen molar-refractivity contribution in [3.05, 3.63) is 27.4 Å². The van der Waals surface area contributed by atoms with E-state index < -0.39 is 59.6 Å². The van der Waals surface area contributed by atoms with Crippen molar-refractivity contribution in [2.75, 3.05) is 0 Å². The van der Waals surface area contributed by atoms with Gasteiger partial charge in [-0.2, -0.15) is 21.8 Å². The summed E-state index contributed by atoms with van der Waals surface area (Å²) in [5.41, 5.74) is -5.74. The Hall–Kier alpha value is -0.820. The quantitative estimate of drug-likeness (QED) is 0.170. The van der Waals surface area contributed by atoms with Crippen molar-refractivity contribution >= 4 is 35.7 Å². The van der Waals surface area contributed by atoms with Gasteiger partial charge in [0.25, 0.3) is 0 Å². The Morgan fingerprint density at radius 2 is 1.72 bits per heavy atom. The van der Waals surface area contributed by atoms with Crippen LogP contribution in [0, 0.1) is 4.64 Å². The van der Waals surface area contributed by atoms with Gasteiger partial charge in [0.2, 0.25) is 11.9 Å². The fraction of sp³-hybridized carbons (Fsp3) is 0.556. The number of aromatic amines is 1. The number of phosphoric acid groups is 3. The number of hydrogen-bond donors (Lipinski definition) is 7. The highest BCUT2D eigenvalue weighted by molar-refractivity contribution is 7.71. The van der Waals surface area contributed by atoms with Crippen LogP contribution in [0.2, 0.25) is 0 Å². The number of phosphoric ester groups is 1. The number of hydrogen-bond acceptors (Lipinski definition) is 11. The summed E-state index contributed by atoms with van der Waals surface area (Å²) in [6.45, 7) is 0. The third-order valence-electron chi connectivity index (χ3n) is 3.56. The normalized spacial score (nSPS) is 30.6. The Morgan fingerprint density at radius 3 is 2.19 bits per heavy atom. The van der Waals surface area contributed by atoms with Gasteiger partial charge in [-0.3, -0.25) is 14.1 Å². The first-order valence-corrected chi connectivity index (χ1v) is 12.4. The highest BCUT2D eigenvalue weighted by atomic mass is 32.1. The van der Waals surface area contributed by atoms with Crippen molar-refractivity contribution in [1.82, 2.24) is 9.55 Å². The summed E-state index contributed by atoms with van der Waals surface area (Å²) in [7, 11) is -17.9. The minimum atomic E-state index is -6.09. The number of nitrogens with zero attached hydrogens (tertiary/aromatic N) is 1. The molecule has 1 fully saturated rings. The van der Waals surface area contributed by atoms with Crippen LogP contribution in [0.5, 0.6) is 0 Å². The fourth-order valence-corrected chi connectivity index (χ4v) is 5.60. The predicted molar refractivity (Wildman–Crippen MR) is 91.8 cm³/mol. The van der Waals surface area contributed by atoms with Crippen molar-refractivity contribution in [3.63, 3.8) is 0 Å². The van der Waals surface area contributed by atoms with Crippen LogP contribution in [-0.2, 0) is 31.6 Å². The molecule has 2 heterocycles. The molecule has 7 N–H and O–H groups in total. The molecular formula is C9H12F3N2O14P3S. The van der Waals surface area contributed by atoms with E-state index in [1.165, 1.54) is 0 Å². The number of ether oxygens (including phenoxy) is 1. The van der Waals surface area contributed by atoms with E-state index in [0.717, 1.165) is 6.07 Å². The van der Waals surface area contributed by atoms with Crippen molar-refractivity contribution < 1.29 is 74.5 Å². The topological polar surface area (TPSA) is 247 Å². The summed E-state index contributed by atoms with van der Waals surface area (Å²) in [6.07, 6.45) is -14.2. The Kier molecular flexibility index (Phi) is 7.50. The molecule has 1 saturated heterocycles. The first-order chi connectivity index (χ1) is 14.2. The third-order valence-corrected chi connectivity index (χ3v) is 7.60. The molecule has 184 valence electrons. The fourth-order valence-electron chi connectivity index (χ4n) is 2.37. The van der Waals surface area contributed by atoms with Gasteiger partial charge in [-0.1, -0.05) is 12.2 Å². The summed E-state index contributed by atoms with van der Waals surface area (Å²) in [6, 6.07) is 0.888. The summed E-state index contributed by atoms with van der Waals surface area (Å²) in [5, 5.41) is 20.1. The first kappa shape index (κ1) is 27.4. The number of halogens is 3. The van der Waals surface area contributed by atoms with E-state index >= 15 is 0 Å². The largest absolute Gasteiger partial charge is 0.490 e. The Bertz CT molecular complexity index is 1130. The van der Waals surface area contributed by atoms with Crippen LogP contribution >= 0.6 is 35.7 Å². The van der Waals surface area contributed by atoms with Crippen molar-refractivity contribution in [3.8, 4) is 0 Å². The second kappa shape index (κ2) is 8.75. The molecule has 0 bridgehead atoms. The summed E-state index contributed by atoms with van der Waals surface area (Å²) < 4.78 is 89.5. The maximum Gasteiger partial charge on any atom is 0.490 e. The van der Waals surface area contributed by atoms with Gasteiger partial charge in [-0.05, 0) is 6.07 Å². The van der Waals surface area contributed by atoms with E-state index in [9.17, 15) is 46.8 Å². The molecule has 6 atom stereocenters. The molecule has 3 unspecified atom stereocenters. The molecule has 0 aliphatic carbocycles. The van der Waals surface area contributed by atoms with Crippen LogP contribution < -0.4 is 5.69 Å². The number of nitrogens with one attached hydrogen (secondary N) is 1. The standard InChI is InChI=1S/C9H12F3N2O14P3S/c10-9(11,12)8(17)4(15)5(25-6(8)14-2-1-3(32)13-7(14)16)26-30(21,22)28-31(23,24)27-29(18,19)20/h1-2,4-6,15,17H,(H,21,22)(H,23,24)(H,13,16,32)(H2,18,19,20)/t4-,5+,6+,8?/m0/s1. The molecule has 1 aromatic rings. The monoisotopic (exact) mass is 554 g/mol. The molecule has 23 heteroatoms. The van der Waals surface area contributed by atoms with E-state index in [4.69, 9.17) is 14.7 Å². The molecule has 1 aliphatic rings. The summed E-state index contributed by atoms with van der Waals surface area (Å²) in [4.78, 5) is 49.2. The maximum atomic E-state index is 13.6. The van der Waals surface area contributed by atoms with Crippen molar-refractivity contribution in [1.29, 1.82) is 0 Å². The van der Waals surface area contributed by atoms with E-state index in [0.29, 0.717) is 6.20 Å². The molecule has 1 aromatic heterocycles. The Labute approximate surface area is 178 Å². The van der Waals surface area contributed by atoms with E-state index in [-0.39, 0.29) is 9.21 Å². The zero-order valence-corrected chi connectivity index (χ0v) is 18.2. The second-order valence-electron chi connectivity index (χ2n) is 5.84. The Morgan fingerprint density at radius 1 is 1.16 bits per heavy atom. The lowest BCUT2D eigenvalue weighted by molar-refractivity contribution is -0.304. The molecule has 0 saturated carbocycles. The molecule has 1 aliphatic heterocycles. The number of alkyl halides is 3. The zero-order valence-electron chi connectivity index (χ0n) is 14.7. The summed E-state index contributed by atoms with van der Waals surface area (Å²) >= 11 is 4.60. The van der Waals surface area contributed by atoms with Crippen LogP contribution in [0.15, 0.2) is 17.1 Å². The van der Waals surface area contributed by atoms with Crippen LogP contribution in [0.3, 0.4) is 0 Å². The van der Waals surface area contributed by atoms with E-state index in [1.807, 2.05) is 4.98 Å². The SMILES string of the molecule is O=c1[nH]c(=S)ccn1[C@@H]1O[C@H](OP(=O)(O)OP(=O)(O)OP(=O)(O)O)[C@H](O)C1(O)C(F)(F)F. The number of aromatic nitrogens is 2. The van der Waals surface area contributed by atoms with Gasteiger partial charge in [-0.15, -0.1) is 0 Å².